The van der Waals surface area contributed by atoms with Crippen LogP contribution in [-0.4, -0.2) is 48.6 Å². The van der Waals surface area contributed by atoms with Crippen molar-refractivity contribution in [3.63, 3.8) is 0 Å². The molecule has 3 amide bonds. The van der Waals surface area contributed by atoms with Gasteiger partial charge < -0.3 is 21.3 Å². The Morgan fingerprint density at radius 1 is 1.50 bits per heavy atom. The molecule has 2 unspecified atom stereocenters. The van der Waals surface area contributed by atoms with Crippen molar-refractivity contribution in [1.82, 2.24) is 15.5 Å². The van der Waals surface area contributed by atoms with Gasteiger partial charge in [0.05, 0.1) is 0 Å². The summed E-state index contributed by atoms with van der Waals surface area (Å²) in [7, 11) is 0. The Morgan fingerprint density at radius 3 is 2.83 bits per heavy atom. The molecule has 2 atom stereocenters. The summed E-state index contributed by atoms with van der Waals surface area (Å²) >= 11 is 0. The Kier molecular flexibility index (Phi) is 5.91. The molecule has 1 fully saturated rings. The number of urea groups is 1. The highest BCUT2D eigenvalue weighted by atomic mass is 16.2. The van der Waals surface area contributed by atoms with Crippen LogP contribution in [0.1, 0.15) is 33.1 Å². The van der Waals surface area contributed by atoms with E-state index in [1.807, 2.05) is 13.8 Å². The highest BCUT2D eigenvalue weighted by Crippen LogP contribution is 2.09. The summed E-state index contributed by atoms with van der Waals surface area (Å²) in [5, 5.41) is 5.70. The number of rotatable bonds is 5. The number of carbonyl (C=O) groups excluding carboxylic acids is 2. The Bertz CT molecular complexity index is 294. The number of nitrogens with two attached hydrogens (primary N) is 1. The van der Waals surface area contributed by atoms with E-state index in [1.54, 1.807) is 4.90 Å². The van der Waals surface area contributed by atoms with Gasteiger partial charge in [0.2, 0.25) is 5.91 Å². The fourth-order valence-electron chi connectivity index (χ4n) is 1.98. The van der Waals surface area contributed by atoms with Gasteiger partial charge >= 0.3 is 6.03 Å². The number of nitrogens with one attached hydrogen (secondary N) is 2. The molecule has 1 heterocycles. The van der Waals surface area contributed by atoms with Crippen LogP contribution in [0.5, 0.6) is 0 Å². The van der Waals surface area contributed by atoms with Crippen LogP contribution >= 0.6 is 0 Å². The smallest absolute Gasteiger partial charge is 0.317 e. The molecule has 0 bridgehead atoms. The summed E-state index contributed by atoms with van der Waals surface area (Å²) < 4.78 is 0. The van der Waals surface area contributed by atoms with Crippen molar-refractivity contribution in [1.29, 1.82) is 0 Å². The Labute approximate surface area is 108 Å². The summed E-state index contributed by atoms with van der Waals surface area (Å²) in [6.45, 7) is 5.70. The lowest BCUT2D eigenvalue weighted by Crippen LogP contribution is -2.42. The lowest BCUT2D eigenvalue weighted by molar-refractivity contribution is -0.121. The molecule has 104 valence electrons. The minimum Gasteiger partial charge on any atom is -0.352 e. The van der Waals surface area contributed by atoms with Crippen molar-refractivity contribution >= 4 is 11.9 Å². The zero-order valence-corrected chi connectivity index (χ0v) is 11.2. The standard InChI is InChI=1S/C12H24N4O2/c1-3-14-12(18)16-7-6-10(8-16)15-11(17)5-4-9(2)13/h9-10H,3-8,13H2,1-2H3,(H,14,18)(H,15,17). The Morgan fingerprint density at radius 2 is 2.22 bits per heavy atom. The predicted octanol–water partition coefficient (Wildman–Crippen LogP) is 0.0338. The topological polar surface area (TPSA) is 87.5 Å². The first-order chi connectivity index (χ1) is 8.52. The van der Waals surface area contributed by atoms with Gasteiger partial charge in [-0.2, -0.15) is 0 Å². The first-order valence-electron chi connectivity index (χ1n) is 6.60. The van der Waals surface area contributed by atoms with Gasteiger partial charge in [0.1, 0.15) is 0 Å². The first-order valence-corrected chi connectivity index (χ1v) is 6.60. The monoisotopic (exact) mass is 256 g/mol. The van der Waals surface area contributed by atoms with Gasteiger partial charge in [-0.25, -0.2) is 4.79 Å². The molecule has 0 radical (unpaired) electrons. The molecule has 0 saturated carbocycles. The molecule has 0 aromatic rings. The third-order valence-corrected chi connectivity index (χ3v) is 3.00. The summed E-state index contributed by atoms with van der Waals surface area (Å²) in [5.41, 5.74) is 5.60. The van der Waals surface area contributed by atoms with Crippen LogP contribution in [0.25, 0.3) is 0 Å². The van der Waals surface area contributed by atoms with E-state index < -0.39 is 0 Å². The van der Waals surface area contributed by atoms with Gasteiger partial charge in [-0.1, -0.05) is 0 Å². The largest absolute Gasteiger partial charge is 0.352 e. The van der Waals surface area contributed by atoms with Crippen LogP contribution < -0.4 is 16.4 Å². The van der Waals surface area contributed by atoms with Crippen molar-refractivity contribution in [2.45, 2.75) is 45.2 Å². The zero-order chi connectivity index (χ0) is 13.5. The van der Waals surface area contributed by atoms with Crippen molar-refractivity contribution in [3.8, 4) is 0 Å². The highest BCUT2D eigenvalue weighted by molar-refractivity contribution is 5.77. The van der Waals surface area contributed by atoms with Crippen molar-refractivity contribution in [2.24, 2.45) is 5.73 Å². The van der Waals surface area contributed by atoms with Crippen LogP contribution in [0.15, 0.2) is 0 Å². The van der Waals surface area contributed by atoms with Gasteiger partial charge in [0.15, 0.2) is 0 Å². The lowest BCUT2D eigenvalue weighted by Gasteiger charge is -2.17. The van der Waals surface area contributed by atoms with Crippen LogP contribution in [0.2, 0.25) is 0 Å². The predicted molar refractivity (Wildman–Crippen MR) is 70.1 cm³/mol. The van der Waals surface area contributed by atoms with E-state index in [0.29, 0.717) is 32.5 Å². The van der Waals surface area contributed by atoms with Crippen molar-refractivity contribution < 1.29 is 9.59 Å². The van der Waals surface area contributed by atoms with E-state index in [4.69, 9.17) is 5.73 Å². The summed E-state index contributed by atoms with van der Waals surface area (Å²) in [5.74, 6) is 0.0232. The Hall–Kier alpha value is -1.30. The fourth-order valence-corrected chi connectivity index (χ4v) is 1.98. The summed E-state index contributed by atoms with van der Waals surface area (Å²) in [6, 6.07) is 0.0733. The molecule has 4 N–H and O–H groups in total. The third-order valence-electron chi connectivity index (χ3n) is 3.00. The van der Waals surface area contributed by atoms with E-state index in [2.05, 4.69) is 10.6 Å². The van der Waals surface area contributed by atoms with Crippen LogP contribution in [-0.2, 0) is 4.79 Å². The van der Waals surface area contributed by atoms with E-state index in [0.717, 1.165) is 6.42 Å². The SMILES string of the molecule is CCNC(=O)N1CCC(NC(=O)CCC(C)N)C1. The molecule has 6 heteroatoms. The molecule has 6 nitrogen and oxygen atoms in total. The van der Waals surface area contributed by atoms with Gasteiger partial charge in [0, 0.05) is 38.1 Å². The molecular formula is C12H24N4O2. The number of amides is 3. The number of hydrogen-bond acceptors (Lipinski definition) is 3. The van der Waals surface area contributed by atoms with Crippen LogP contribution in [0, 0.1) is 0 Å². The van der Waals surface area contributed by atoms with Crippen LogP contribution in [0.4, 0.5) is 4.79 Å². The molecule has 0 aliphatic carbocycles. The number of likely N-dealkylation sites (tertiary alicyclic amines) is 1. The second kappa shape index (κ2) is 7.20. The maximum atomic E-state index is 11.6. The van der Waals surface area contributed by atoms with E-state index in [1.165, 1.54) is 0 Å². The first kappa shape index (κ1) is 14.8. The minimum atomic E-state index is -0.0511. The van der Waals surface area contributed by atoms with Crippen LogP contribution in [0.3, 0.4) is 0 Å². The van der Waals surface area contributed by atoms with E-state index >= 15 is 0 Å². The molecule has 18 heavy (non-hydrogen) atoms. The molecule has 1 saturated heterocycles. The van der Waals surface area contributed by atoms with Crippen molar-refractivity contribution in [2.75, 3.05) is 19.6 Å². The minimum absolute atomic E-state index is 0.0232. The quantitative estimate of drug-likeness (QED) is 0.648. The molecule has 1 aliphatic rings. The third kappa shape index (κ3) is 4.91. The number of carbonyl (C=O) groups is 2. The second-order valence-corrected chi connectivity index (χ2v) is 4.85. The van der Waals surface area contributed by atoms with Gasteiger partial charge in [-0.05, 0) is 26.7 Å². The number of hydrogen-bond donors (Lipinski definition) is 3. The average Bonchev–Trinajstić information content (AvgIpc) is 2.75. The zero-order valence-electron chi connectivity index (χ0n) is 11.2. The summed E-state index contributed by atoms with van der Waals surface area (Å²) in [6.07, 6.45) is 1.97. The molecule has 0 aromatic carbocycles. The van der Waals surface area contributed by atoms with E-state index in [9.17, 15) is 9.59 Å². The van der Waals surface area contributed by atoms with Crippen molar-refractivity contribution in [3.05, 3.63) is 0 Å². The van der Waals surface area contributed by atoms with Gasteiger partial charge in [-0.15, -0.1) is 0 Å². The molecule has 0 aromatic heterocycles. The Balaban J connectivity index is 2.25. The summed E-state index contributed by atoms with van der Waals surface area (Å²) in [4.78, 5) is 24.9. The molecule has 1 aliphatic heterocycles. The maximum Gasteiger partial charge on any atom is 0.317 e. The molecular weight excluding hydrogens is 232 g/mol. The molecule has 0 spiro atoms. The fraction of sp³-hybridized carbons (Fsp3) is 0.833. The lowest BCUT2D eigenvalue weighted by atomic mass is 10.2. The highest BCUT2D eigenvalue weighted by Gasteiger charge is 2.26. The second-order valence-electron chi connectivity index (χ2n) is 4.85. The normalized spacial score (nSPS) is 20.6. The molecule has 1 rings (SSSR count). The van der Waals surface area contributed by atoms with E-state index in [-0.39, 0.29) is 24.0 Å². The maximum absolute atomic E-state index is 11.6. The van der Waals surface area contributed by atoms with Gasteiger partial charge in [0.25, 0.3) is 0 Å². The average molecular weight is 256 g/mol. The van der Waals surface area contributed by atoms with Gasteiger partial charge in [-0.3, -0.25) is 4.79 Å². The number of nitrogens with zero attached hydrogens (tertiary/aromatic N) is 1.